The second kappa shape index (κ2) is 7.35. The fourth-order valence-electron chi connectivity index (χ4n) is 1.86. The zero-order valence-corrected chi connectivity index (χ0v) is 16.3. The summed E-state index contributed by atoms with van der Waals surface area (Å²) in [6.07, 6.45) is 0. The van der Waals surface area contributed by atoms with Gasteiger partial charge >= 0.3 is 56.5 Å². The largest absolute Gasteiger partial charge is 1.00 e. The van der Waals surface area contributed by atoms with E-state index in [-0.39, 0.29) is 66.9 Å². The molecule has 0 spiro atoms. The predicted molar refractivity (Wildman–Crippen MR) is 72.7 cm³/mol. The molecule has 1 unspecified atom stereocenters. The third-order valence-electron chi connectivity index (χ3n) is 3.06. The molecule has 1 aliphatic heterocycles. The normalized spacial score (nSPS) is 23.8. The number of quaternary nitrogens is 1. The first-order chi connectivity index (χ1) is 7.85. The van der Waals surface area contributed by atoms with E-state index in [0.717, 1.165) is 18.1 Å². The van der Waals surface area contributed by atoms with Gasteiger partial charge in [-0.3, -0.25) is 9.55 Å². The third-order valence-corrected chi connectivity index (χ3v) is 4.54. The maximum atomic E-state index is 12.6. The number of aromatic nitrogens is 2. The van der Waals surface area contributed by atoms with Gasteiger partial charge in [0.05, 0.1) is 13.1 Å². The molecule has 1 atom stereocenters. The van der Waals surface area contributed by atoms with Crippen molar-refractivity contribution in [1.82, 2.24) is 19.7 Å². The van der Waals surface area contributed by atoms with E-state index >= 15 is 0 Å². The maximum Gasteiger partial charge on any atom is 1.00 e. The Morgan fingerprint density at radius 1 is 1.37 bits per heavy atom. The van der Waals surface area contributed by atoms with Crippen LogP contribution >= 0.6 is 11.3 Å². The smallest absolute Gasteiger partial charge is 0.870 e. The number of hydrogen-bond donors (Lipinski definition) is 0. The zero-order valence-electron chi connectivity index (χ0n) is 12.4. The predicted octanol–water partition coefficient (Wildman–Crippen LogP) is -1.24. The molecule has 8 heteroatoms. The molecule has 1 aromatic rings. The average Bonchev–Trinajstić information content (AvgIpc) is 2.83. The maximum absolute atomic E-state index is 12.6. The summed E-state index contributed by atoms with van der Waals surface area (Å²) in [5.74, 6) is 0. The standard InChI is InChI=1S/C11H20N4OS.K.H2O/c1-5-14-6-7-15(16,8-14)10-13-12-9(17-10)11(2,3)4;;/h5-8H2,1-4H3;;1H2/q;+1;/p-1. The molecule has 0 radical (unpaired) electrons. The van der Waals surface area contributed by atoms with Crippen LogP contribution in [0, 0.1) is 5.21 Å². The quantitative estimate of drug-likeness (QED) is 0.388. The SMILES string of the molecule is CCN1CC[N+]([O-])(c2nnc(C(C)(C)C)s2)C1.[K+].[OH-]. The molecule has 104 valence electrons. The second-order valence-electron chi connectivity index (χ2n) is 5.60. The zero-order chi connectivity index (χ0) is 12.7. The molecule has 1 fully saturated rings. The van der Waals surface area contributed by atoms with Gasteiger partial charge in [0.1, 0.15) is 11.7 Å². The Bertz CT molecular complexity index is 410. The second-order valence-corrected chi connectivity index (χ2v) is 6.56. The van der Waals surface area contributed by atoms with Gasteiger partial charge in [0.2, 0.25) is 0 Å². The first-order valence-electron chi connectivity index (χ1n) is 6.00. The van der Waals surface area contributed by atoms with Gasteiger partial charge in [-0.2, -0.15) is 0 Å². The molecule has 0 aromatic carbocycles. The number of hydrogen-bond acceptors (Lipinski definition) is 6. The Hall–Kier alpha value is 1.04. The minimum atomic E-state index is -0.332. The van der Waals surface area contributed by atoms with Crippen molar-refractivity contribution < 1.29 is 56.9 Å². The molecule has 0 bridgehead atoms. The van der Waals surface area contributed by atoms with Crippen molar-refractivity contribution in [2.24, 2.45) is 0 Å². The van der Waals surface area contributed by atoms with Gasteiger partial charge in [-0.05, 0) is 11.3 Å². The van der Waals surface area contributed by atoms with Gasteiger partial charge < -0.3 is 10.7 Å². The van der Waals surface area contributed by atoms with Crippen LogP contribution in [0.5, 0.6) is 0 Å². The summed E-state index contributed by atoms with van der Waals surface area (Å²) < 4.78 is -0.332. The Morgan fingerprint density at radius 2 is 2.00 bits per heavy atom. The number of likely N-dealkylation sites (N-methyl/N-ethyl adjacent to an activating group) is 1. The number of hydroxylamine groups is 2. The van der Waals surface area contributed by atoms with E-state index in [2.05, 4.69) is 42.8 Å². The topological polar surface area (TPSA) is 82.1 Å². The summed E-state index contributed by atoms with van der Waals surface area (Å²) in [5.41, 5.74) is -0.0285. The van der Waals surface area contributed by atoms with Crippen LogP contribution in [0.1, 0.15) is 32.7 Å². The van der Waals surface area contributed by atoms with Crippen LogP contribution in [-0.2, 0) is 5.41 Å². The van der Waals surface area contributed by atoms with Gasteiger partial charge in [0.15, 0.2) is 0 Å². The first-order valence-corrected chi connectivity index (χ1v) is 6.82. The molecule has 2 rings (SSSR count). The van der Waals surface area contributed by atoms with E-state index in [1.807, 2.05) is 0 Å². The van der Waals surface area contributed by atoms with Crippen molar-refractivity contribution in [3.63, 3.8) is 0 Å². The molecule has 0 aliphatic carbocycles. The molecule has 6 nitrogen and oxygen atoms in total. The van der Waals surface area contributed by atoms with Crippen LogP contribution in [0.25, 0.3) is 0 Å². The summed E-state index contributed by atoms with van der Waals surface area (Å²) in [7, 11) is 0. The van der Waals surface area contributed by atoms with Gasteiger partial charge in [-0.1, -0.05) is 32.8 Å². The Kier molecular flexibility index (Phi) is 7.75. The summed E-state index contributed by atoms with van der Waals surface area (Å²) in [5, 5.41) is 22.4. The van der Waals surface area contributed by atoms with Crippen LogP contribution in [0.2, 0.25) is 0 Å². The minimum absolute atomic E-state index is 0. The van der Waals surface area contributed by atoms with Crippen molar-refractivity contribution in [3.05, 3.63) is 10.2 Å². The number of rotatable bonds is 2. The summed E-state index contributed by atoms with van der Waals surface area (Å²) in [6.45, 7) is 11.2. The molecule has 1 aliphatic rings. The van der Waals surface area contributed by atoms with Crippen LogP contribution in [-0.4, -0.2) is 46.9 Å². The first kappa shape index (κ1) is 20.0. The fourth-order valence-corrected chi connectivity index (χ4v) is 2.82. The van der Waals surface area contributed by atoms with Gasteiger partial charge in [0.25, 0.3) is 0 Å². The van der Waals surface area contributed by atoms with E-state index in [0.29, 0.717) is 18.3 Å². The molecule has 1 N–H and O–H groups in total. The molecule has 2 heterocycles. The van der Waals surface area contributed by atoms with E-state index in [9.17, 15) is 5.21 Å². The molecule has 1 saturated heterocycles. The summed E-state index contributed by atoms with van der Waals surface area (Å²) in [6, 6.07) is 0. The molecule has 0 saturated carbocycles. The van der Waals surface area contributed by atoms with Gasteiger partial charge in [-0.25, -0.2) is 0 Å². The van der Waals surface area contributed by atoms with Crippen molar-refractivity contribution in [3.8, 4) is 0 Å². The fraction of sp³-hybridized carbons (Fsp3) is 0.818. The van der Waals surface area contributed by atoms with E-state index in [1.165, 1.54) is 11.3 Å². The number of nitrogens with zero attached hydrogens (tertiary/aromatic N) is 4. The van der Waals surface area contributed by atoms with Gasteiger partial charge in [0, 0.05) is 12.0 Å². The monoisotopic (exact) mass is 312 g/mol. The Labute approximate surface area is 161 Å². The summed E-state index contributed by atoms with van der Waals surface area (Å²) in [4.78, 5) is 2.16. The van der Waals surface area contributed by atoms with Crippen LogP contribution in [0.15, 0.2) is 0 Å². The third kappa shape index (κ3) is 4.50. The van der Waals surface area contributed by atoms with E-state index < -0.39 is 0 Å². The van der Waals surface area contributed by atoms with Crippen molar-refractivity contribution in [2.75, 3.05) is 26.3 Å². The average molecular weight is 312 g/mol. The summed E-state index contributed by atoms with van der Waals surface area (Å²) >= 11 is 1.46. The molecule has 0 amide bonds. The van der Waals surface area contributed by atoms with Crippen molar-refractivity contribution in [1.29, 1.82) is 0 Å². The van der Waals surface area contributed by atoms with E-state index in [4.69, 9.17) is 0 Å². The molecular formula is C11H21KN4O2S. The van der Waals surface area contributed by atoms with Crippen LogP contribution in [0.4, 0.5) is 5.13 Å². The Morgan fingerprint density at radius 3 is 2.42 bits per heavy atom. The molecular weight excluding hydrogens is 291 g/mol. The van der Waals surface area contributed by atoms with Crippen LogP contribution < -0.4 is 56.0 Å². The van der Waals surface area contributed by atoms with E-state index in [1.54, 1.807) is 0 Å². The molecule has 1 aromatic heterocycles. The minimum Gasteiger partial charge on any atom is -0.870 e. The van der Waals surface area contributed by atoms with Crippen molar-refractivity contribution >= 4 is 16.5 Å². The van der Waals surface area contributed by atoms with Crippen molar-refractivity contribution in [2.45, 2.75) is 33.1 Å². The molecule has 19 heavy (non-hydrogen) atoms. The van der Waals surface area contributed by atoms with Crippen LogP contribution in [0.3, 0.4) is 0 Å². The van der Waals surface area contributed by atoms with Gasteiger partial charge in [-0.15, -0.1) is 5.10 Å². The Balaban J connectivity index is 0.00000162.